The van der Waals surface area contributed by atoms with Gasteiger partial charge < -0.3 is 9.32 Å². The average Bonchev–Trinajstić information content (AvgIpc) is 2.75. The molecule has 6 heteroatoms. The summed E-state index contributed by atoms with van der Waals surface area (Å²) in [5, 5.41) is 0. The van der Waals surface area contributed by atoms with Gasteiger partial charge in [-0.15, -0.1) is 0 Å². The van der Waals surface area contributed by atoms with Crippen LogP contribution in [0.15, 0.2) is 33.6 Å². The number of anilines is 1. The summed E-state index contributed by atoms with van der Waals surface area (Å²) < 4.78 is 5.77. The topological polar surface area (TPSA) is 59.2 Å². The lowest BCUT2D eigenvalue weighted by Gasteiger charge is -2.16. The summed E-state index contributed by atoms with van der Waals surface area (Å²) in [5.41, 5.74) is 1.01. The van der Waals surface area contributed by atoms with Crippen molar-refractivity contribution in [2.75, 3.05) is 11.9 Å². The molecule has 0 saturated carbocycles. The number of oxazole rings is 1. The van der Waals surface area contributed by atoms with Crippen LogP contribution in [-0.2, 0) is 0 Å². The number of hydrogen-bond donors (Lipinski definition) is 0. The zero-order chi connectivity index (χ0) is 12.4. The highest BCUT2D eigenvalue weighted by Crippen LogP contribution is 2.24. The van der Waals surface area contributed by atoms with Crippen molar-refractivity contribution in [1.82, 2.24) is 9.97 Å². The van der Waals surface area contributed by atoms with E-state index in [1.165, 1.54) is 11.2 Å². The van der Waals surface area contributed by atoms with Gasteiger partial charge in [0.1, 0.15) is 6.26 Å². The molecule has 5 nitrogen and oxygen atoms in total. The molecule has 0 aliphatic heterocycles. The van der Waals surface area contributed by atoms with Gasteiger partial charge >= 0.3 is 0 Å². The first-order valence-corrected chi connectivity index (χ1v) is 5.68. The Morgan fingerprint density at radius 1 is 1.53 bits per heavy atom. The number of rotatable bonds is 2. The Kier molecular flexibility index (Phi) is 3.23. The third-order valence-corrected chi connectivity index (χ3v) is 2.87. The van der Waals surface area contributed by atoms with E-state index in [4.69, 9.17) is 4.42 Å². The van der Waals surface area contributed by atoms with Gasteiger partial charge in [0.15, 0.2) is 11.6 Å². The van der Waals surface area contributed by atoms with Crippen LogP contribution in [0.3, 0.4) is 0 Å². The quantitative estimate of drug-likeness (QED) is 0.854. The van der Waals surface area contributed by atoms with Gasteiger partial charge in [-0.1, -0.05) is 0 Å². The SMILES string of the molecule is Cc1nc(C(=O)N(C)c2ccncc2Br)co1. The summed E-state index contributed by atoms with van der Waals surface area (Å²) in [5.74, 6) is 0.240. The Bertz CT molecular complexity index is 553. The Hall–Kier alpha value is -1.69. The van der Waals surface area contributed by atoms with Crippen molar-refractivity contribution in [3.8, 4) is 0 Å². The lowest BCUT2D eigenvalue weighted by atomic mass is 10.3. The van der Waals surface area contributed by atoms with Crippen molar-refractivity contribution < 1.29 is 9.21 Å². The Balaban J connectivity index is 2.29. The second-order valence-electron chi connectivity index (χ2n) is 3.44. The van der Waals surface area contributed by atoms with Crippen LogP contribution < -0.4 is 4.90 Å². The van der Waals surface area contributed by atoms with Gasteiger partial charge in [0, 0.05) is 26.4 Å². The third kappa shape index (κ3) is 2.36. The molecule has 17 heavy (non-hydrogen) atoms. The fourth-order valence-electron chi connectivity index (χ4n) is 1.38. The Morgan fingerprint density at radius 2 is 2.29 bits per heavy atom. The van der Waals surface area contributed by atoms with E-state index in [9.17, 15) is 4.79 Å². The molecule has 2 heterocycles. The normalized spacial score (nSPS) is 10.3. The fourth-order valence-corrected chi connectivity index (χ4v) is 1.90. The van der Waals surface area contributed by atoms with Crippen LogP contribution in [0.2, 0.25) is 0 Å². The number of nitrogens with zero attached hydrogens (tertiary/aromatic N) is 3. The lowest BCUT2D eigenvalue weighted by molar-refractivity contribution is 0.0988. The first-order valence-electron chi connectivity index (χ1n) is 4.89. The van der Waals surface area contributed by atoms with E-state index in [0.717, 1.165) is 10.2 Å². The predicted molar refractivity (Wildman–Crippen MR) is 65.9 cm³/mol. The maximum absolute atomic E-state index is 12.1. The van der Waals surface area contributed by atoms with Gasteiger partial charge in [0.25, 0.3) is 5.91 Å². The monoisotopic (exact) mass is 295 g/mol. The molecule has 0 bridgehead atoms. The van der Waals surface area contributed by atoms with Crippen LogP contribution >= 0.6 is 15.9 Å². The summed E-state index contributed by atoms with van der Waals surface area (Å²) in [7, 11) is 1.67. The minimum Gasteiger partial charge on any atom is -0.448 e. The molecule has 88 valence electrons. The van der Waals surface area contributed by atoms with Crippen LogP contribution in [0, 0.1) is 6.92 Å². The van der Waals surface area contributed by atoms with Crippen molar-refractivity contribution in [2.24, 2.45) is 0 Å². The largest absolute Gasteiger partial charge is 0.448 e. The van der Waals surface area contributed by atoms with E-state index in [1.54, 1.807) is 32.4 Å². The molecule has 0 unspecified atom stereocenters. The van der Waals surface area contributed by atoms with Crippen molar-refractivity contribution in [1.29, 1.82) is 0 Å². The predicted octanol–water partition coefficient (Wildman–Crippen LogP) is 2.42. The number of aromatic nitrogens is 2. The maximum Gasteiger partial charge on any atom is 0.280 e. The smallest absolute Gasteiger partial charge is 0.280 e. The van der Waals surface area contributed by atoms with Gasteiger partial charge in [-0.2, -0.15) is 0 Å². The highest BCUT2D eigenvalue weighted by Gasteiger charge is 2.18. The molecular weight excluding hydrogens is 286 g/mol. The van der Waals surface area contributed by atoms with Crippen LogP contribution in [0.5, 0.6) is 0 Å². The molecule has 0 saturated heterocycles. The molecule has 0 radical (unpaired) electrons. The standard InChI is InChI=1S/C11H10BrN3O2/c1-7-14-9(6-17-7)11(16)15(2)10-3-4-13-5-8(10)12/h3-6H,1-2H3. The Morgan fingerprint density at radius 3 is 2.88 bits per heavy atom. The second kappa shape index (κ2) is 4.67. The number of pyridine rings is 1. The van der Waals surface area contributed by atoms with Crippen LogP contribution in [0.1, 0.15) is 16.4 Å². The van der Waals surface area contributed by atoms with Gasteiger partial charge in [-0.3, -0.25) is 9.78 Å². The van der Waals surface area contributed by atoms with Crippen LogP contribution in [0.4, 0.5) is 5.69 Å². The van der Waals surface area contributed by atoms with E-state index >= 15 is 0 Å². The molecule has 0 fully saturated rings. The molecule has 0 aliphatic carbocycles. The first-order chi connectivity index (χ1) is 8.09. The summed E-state index contributed by atoms with van der Waals surface area (Å²) in [6.45, 7) is 1.69. The average molecular weight is 296 g/mol. The number of carbonyl (C=O) groups is 1. The molecule has 2 rings (SSSR count). The number of amides is 1. The number of hydrogen-bond acceptors (Lipinski definition) is 4. The Labute approximate surface area is 107 Å². The maximum atomic E-state index is 12.1. The van der Waals surface area contributed by atoms with Gasteiger partial charge in [0.2, 0.25) is 0 Å². The van der Waals surface area contributed by atoms with Crippen molar-refractivity contribution in [2.45, 2.75) is 6.92 Å². The number of carbonyl (C=O) groups excluding carboxylic acids is 1. The molecule has 0 spiro atoms. The molecule has 0 aromatic carbocycles. The van der Waals surface area contributed by atoms with Crippen LogP contribution in [-0.4, -0.2) is 22.9 Å². The van der Waals surface area contributed by atoms with E-state index in [1.807, 2.05) is 0 Å². The third-order valence-electron chi connectivity index (χ3n) is 2.26. The zero-order valence-corrected chi connectivity index (χ0v) is 10.9. The van der Waals surface area contributed by atoms with E-state index < -0.39 is 0 Å². The van der Waals surface area contributed by atoms with E-state index in [-0.39, 0.29) is 11.6 Å². The minimum absolute atomic E-state index is 0.228. The molecule has 0 N–H and O–H groups in total. The van der Waals surface area contributed by atoms with E-state index in [0.29, 0.717) is 5.89 Å². The highest BCUT2D eigenvalue weighted by atomic mass is 79.9. The summed E-state index contributed by atoms with van der Waals surface area (Å²) in [6.07, 6.45) is 4.61. The van der Waals surface area contributed by atoms with E-state index in [2.05, 4.69) is 25.9 Å². The van der Waals surface area contributed by atoms with Crippen molar-refractivity contribution in [3.63, 3.8) is 0 Å². The van der Waals surface area contributed by atoms with Crippen molar-refractivity contribution in [3.05, 3.63) is 40.8 Å². The number of halogens is 1. The lowest BCUT2D eigenvalue weighted by Crippen LogP contribution is -2.26. The van der Waals surface area contributed by atoms with Gasteiger partial charge in [-0.05, 0) is 22.0 Å². The van der Waals surface area contributed by atoms with Gasteiger partial charge in [-0.25, -0.2) is 4.98 Å². The molecule has 1 amide bonds. The molecule has 2 aromatic rings. The molecule has 2 aromatic heterocycles. The minimum atomic E-state index is -0.228. The zero-order valence-electron chi connectivity index (χ0n) is 9.35. The summed E-state index contributed by atoms with van der Waals surface area (Å²) >= 11 is 3.34. The molecule has 0 aliphatic rings. The van der Waals surface area contributed by atoms with Crippen LogP contribution in [0.25, 0.3) is 0 Å². The molecule has 0 atom stereocenters. The summed E-state index contributed by atoms with van der Waals surface area (Å²) in [4.78, 5) is 21.5. The fraction of sp³-hybridized carbons (Fsp3) is 0.182. The first kappa shape index (κ1) is 11.8. The highest BCUT2D eigenvalue weighted by molar-refractivity contribution is 9.10. The van der Waals surface area contributed by atoms with Crippen molar-refractivity contribution >= 4 is 27.5 Å². The molecular formula is C11H10BrN3O2. The second-order valence-corrected chi connectivity index (χ2v) is 4.30. The summed E-state index contributed by atoms with van der Waals surface area (Å²) in [6, 6.07) is 1.74. The number of aryl methyl sites for hydroxylation is 1. The van der Waals surface area contributed by atoms with Gasteiger partial charge in [0.05, 0.1) is 10.2 Å².